The van der Waals surface area contributed by atoms with Crippen LogP contribution in [0, 0.1) is 12.8 Å². The molecule has 128 valence electrons. The maximum absolute atomic E-state index is 10.7. The van der Waals surface area contributed by atoms with E-state index >= 15 is 0 Å². The number of rotatable bonds is 5. The zero-order valence-electron chi connectivity index (χ0n) is 14.3. The minimum Gasteiger partial charge on any atom is -0.492 e. The van der Waals surface area contributed by atoms with E-state index in [0.717, 1.165) is 31.7 Å². The van der Waals surface area contributed by atoms with Gasteiger partial charge in [0.15, 0.2) is 0 Å². The van der Waals surface area contributed by atoms with Gasteiger partial charge in [0.1, 0.15) is 12.4 Å². The highest BCUT2D eigenvalue weighted by Crippen LogP contribution is 2.35. The van der Waals surface area contributed by atoms with Crippen molar-refractivity contribution in [2.75, 3.05) is 32.9 Å². The van der Waals surface area contributed by atoms with Crippen molar-refractivity contribution in [2.24, 2.45) is 5.92 Å². The first-order valence-corrected chi connectivity index (χ1v) is 8.80. The normalized spacial score (nSPS) is 32.1. The second-order valence-corrected chi connectivity index (χ2v) is 7.20. The van der Waals surface area contributed by atoms with Crippen LogP contribution in [0.4, 0.5) is 0 Å². The van der Waals surface area contributed by atoms with Gasteiger partial charge in [-0.2, -0.15) is 0 Å². The van der Waals surface area contributed by atoms with E-state index in [2.05, 4.69) is 24.0 Å². The summed E-state index contributed by atoms with van der Waals surface area (Å²) in [6.07, 6.45) is 3.08. The molecular formula is C19H29NO3. The van der Waals surface area contributed by atoms with Gasteiger partial charge in [-0.25, -0.2) is 0 Å². The van der Waals surface area contributed by atoms with Gasteiger partial charge in [0, 0.05) is 25.1 Å². The van der Waals surface area contributed by atoms with E-state index in [1.165, 1.54) is 12.0 Å². The molecule has 3 rings (SSSR count). The van der Waals surface area contributed by atoms with Crippen molar-refractivity contribution in [1.82, 2.24) is 4.90 Å². The highest BCUT2D eigenvalue weighted by atomic mass is 16.5. The first-order chi connectivity index (χ1) is 11.1. The van der Waals surface area contributed by atoms with Crippen LogP contribution >= 0.6 is 0 Å². The fourth-order valence-electron chi connectivity index (χ4n) is 3.95. The van der Waals surface area contributed by atoms with Crippen LogP contribution < -0.4 is 4.74 Å². The average Bonchev–Trinajstić information content (AvgIpc) is 2.95. The molecule has 0 bridgehead atoms. The maximum Gasteiger partial charge on any atom is 0.119 e. The van der Waals surface area contributed by atoms with Crippen molar-refractivity contribution in [3.63, 3.8) is 0 Å². The zero-order valence-corrected chi connectivity index (χ0v) is 14.3. The molecule has 1 aromatic rings. The lowest BCUT2D eigenvalue weighted by Gasteiger charge is -2.43. The molecule has 23 heavy (non-hydrogen) atoms. The molecule has 0 aliphatic carbocycles. The van der Waals surface area contributed by atoms with E-state index in [9.17, 15) is 5.11 Å². The highest BCUT2D eigenvalue weighted by molar-refractivity contribution is 5.27. The van der Waals surface area contributed by atoms with Crippen molar-refractivity contribution in [3.8, 4) is 5.75 Å². The molecule has 4 heteroatoms. The molecule has 2 heterocycles. The predicted octanol–water partition coefficient (Wildman–Crippen LogP) is 2.63. The molecule has 4 nitrogen and oxygen atoms in total. The lowest BCUT2D eigenvalue weighted by molar-refractivity contribution is -0.123. The number of hydrogen-bond acceptors (Lipinski definition) is 4. The van der Waals surface area contributed by atoms with Gasteiger partial charge < -0.3 is 14.6 Å². The number of ether oxygens (including phenoxy) is 2. The largest absolute Gasteiger partial charge is 0.492 e. The van der Waals surface area contributed by atoms with Crippen molar-refractivity contribution >= 4 is 0 Å². The van der Waals surface area contributed by atoms with E-state index in [1.54, 1.807) is 0 Å². The van der Waals surface area contributed by atoms with E-state index < -0.39 is 5.60 Å². The molecule has 2 fully saturated rings. The van der Waals surface area contributed by atoms with Crippen molar-refractivity contribution < 1.29 is 14.6 Å². The summed E-state index contributed by atoms with van der Waals surface area (Å²) in [7, 11) is 0. The lowest BCUT2D eigenvalue weighted by Crippen LogP contribution is -2.53. The standard InChI is InChI=1S/C19H29NO3/c1-15-5-3-6-16(13-15)23-12-10-20-9-4-7-18(20)17-14-22-11-8-19(17,2)21/h3,5-6,13,17-18,21H,4,7-12,14H2,1-2H3/t17-,18-,19+/m1/s1. The van der Waals surface area contributed by atoms with E-state index in [0.29, 0.717) is 25.9 Å². The number of nitrogens with zero attached hydrogens (tertiary/aromatic N) is 1. The molecule has 0 radical (unpaired) electrons. The first-order valence-electron chi connectivity index (χ1n) is 8.80. The highest BCUT2D eigenvalue weighted by Gasteiger charge is 2.43. The Morgan fingerprint density at radius 2 is 2.30 bits per heavy atom. The van der Waals surface area contributed by atoms with Crippen LogP contribution in [0.5, 0.6) is 5.75 Å². The van der Waals surface area contributed by atoms with Gasteiger partial charge in [-0.1, -0.05) is 12.1 Å². The third-order valence-electron chi connectivity index (χ3n) is 5.36. The molecule has 1 aromatic carbocycles. The molecule has 2 aliphatic rings. The summed E-state index contributed by atoms with van der Waals surface area (Å²) in [4.78, 5) is 2.48. The number of aliphatic hydroxyl groups is 1. The fourth-order valence-corrected chi connectivity index (χ4v) is 3.95. The second kappa shape index (κ2) is 7.20. The summed E-state index contributed by atoms with van der Waals surface area (Å²) in [5.41, 5.74) is 0.611. The maximum atomic E-state index is 10.7. The van der Waals surface area contributed by atoms with Crippen LogP contribution in [0.1, 0.15) is 31.7 Å². The third kappa shape index (κ3) is 4.06. The molecule has 3 atom stereocenters. The van der Waals surface area contributed by atoms with Crippen LogP contribution in [-0.2, 0) is 4.74 Å². The van der Waals surface area contributed by atoms with Gasteiger partial charge in [-0.05, 0) is 57.4 Å². The predicted molar refractivity (Wildman–Crippen MR) is 90.8 cm³/mol. The molecule has 0 unspecified atom stereocenters. The monoisotopic (exact) mass is 319 g/mol. The van der Waals surface area contributed by atoms with Gasteiger partial charge in [0.05, 0.1) is 12.2 Å². The smallest absolute Gasteiger partial charge is 0.119 e. The van der Waals surface area contributed by atoms with Crippen LogP contribution in [0.15, 0.2) is 24.3 Å². The van der Waals surface area contributed by atoms with E-state index in [4.69, 9.17) is 9.47 Å². The number of benzene rings is 1. The molecule has 2 saturated heterocycles. The third-order valence-corrected chi connectivity index (χ3v) is 5.36. The zero-order chi connectivity index (χ0) is 16.3. The Kier molecular flexibility index (Phi) is 5.24. The number of hydrogen-bond donors (Lipinski definition) is 1. The van der Waals surface area contributed by atoms with Crippen LogP contribution in [0.3, 0.4) is 0 Å². The van der Waals surface area contributed by atoms with E-state index in [-0.39, 0.29) is 5.92 Å². The van der Waals surface area contributed by atoms with Crippen LogP contribution in [-0.4, -0.2) is 54.6 Å². The first kappa shape index (κ1) is 16.7. The Balaban J connectivity index is 1.54. The molecule has 0 spiro atoms. The Morgan fingerprint density at radius 1 is 1.43 bits per heavy atom. The Labute approximate surface area is 139 Å². The second-order valence-electron chi connectivity index (χ2n) is 7.20. The summed E-state index contributed by atoms with van der Waals surface area (Å²) in [6, 6.07) is 8.59. The Hall–Kier alpha value is -1.10. The Morgan fingerprint density at radius 3 is 3.09 bits per heavy atom. The fraction of sp³-hybridized carbons (Fsp3) is 0.684. The van der Waals surface area contributed by atoms with Gasteiger partial charge in [0.25, 0.3) is 0 Å². The average molecular weight is 319 g/mol. The minimum absolute atomic E-state index is 0.206. The summed E-state index contributed by atoms with van der Waals surface area (Å²) in [5, 5.41) is 10.7. The molecule has 1 N–H and O–H groups in total. The number of likely N-dealkylation sites (tertiary alicyclic amines) is 1. The lowest BCUT2D eigenvalue weighted by atomic mass is 9.79. The Bertz CT molecular complexity index is 517. The van der Waals surface area contributed by atoms with Crippen molar-refractivity contribution in [2.45, 2.75) is 44.8 Å². The van der Waals surface area contributed by atoms with E-state index in [1.807, 2.05) is 19.1 Å². The van der Waals surface area contributed by atoms with Gasteiger partial charge in [-0.15, -0.1) is 0 Å². The van der Waals surface area contributed by atoms with Gasteiger partial charge in [0.2, 0.25) is 0 Å². The summed E-state index contributed by atoms with van der Waals surface area (Å²) in [6.45, 7) is 8.09. The molecule has 0 saturated carbocycles. The SMILES string of the molecule is Cc1cccc(OCCN2CCC[C@@H]2[C@H]2COCC[C@]2(C)O)c1. The number of aryl methyl sites for hydroxylation is 1. The van der Waals surface area contributed by atoms with Crippen LogP contribution in [0.25, 0.3) is 0 Å². The topological polar surface area (TPSA) is 41.9 Å². The van der Waals surface area contributed by atoms with Crippen molar-refractivity contribution in [3.05, 3.63) is 29.8 Å². The summed E-state index contributed by atoms with van der Waals surface area (Å²) >= 11 is 0. The summed E-state index contributed by atoms with van der Waals surface area (Å²) in [5.74, 6) is 1.14. The molecule has 2 aliphatic heterocycles. The van der Waals surface area contributed by atoms with Crippen molar-refractivity contribution in [1.29, 1.82) is 0 Å². The molecule has 0 aromatic heterocycles. The minimum atomic E-state index is -0.608. The molecular weight excluding hydrogens is 290 g/mol. The van der Waals surface area contributed by atoms with Gasteiger partial charge >= 0.3 is 0 Å². The van der Waals surface area contributed by atoms with Gasteiger partial charge in [-0.3, -0.25) is 4.90 Å². The van der Waals surface area contributed by atoms with Crippen LogP contribution in [0.2, 0.25) is 0 Å². The molecule has 0 amide bonds. The summed E-state index contributed by atoms with van der Waals surface area (Å²) < 4.78 is 11.5. The quantitative estimate of drug-likeness (QED) is 0.906.